The molecule has 174 valence electrons. The van der Waals surface area contributed by atoms with Gasteiger partial charge in [0.15, 0.2) is 9.84 Å². The molecule has 1 aromatic heterocycles. The topological polar surface area (TPSA) is 68.2 Å². The van der Waals surface area contributed by atoms with Crippen LogP contribution in [0.25, 0.3) is 27.7 Å². The fourth-order valence-electron chi connectivity index (χ4n) is 4.72. The second-order valence-electron chi connectivity index (χ2n) is 9.29. The first-order valence-corrected chi connectivity index (χ1v) is 13.0. The number of carbonyl (C=O) groups is 1. The van der Waals surface area contributed by atoms with Crippen molar-refractivity contribution >= 4 is 26.6 Å². The van der Waals surface area contributed by atoms with Crippen LogP contribution in [0.2, 0.25) is 0 Å². The van der Waals surface area contributed by atoms with Gasteiger partial charge in [0.05, 0.1) is 22.6 Å². The standard InChI is InChI=1S/C27H25FN2O3S/c1-18-5-3-4-6-24(18)30-16-23(19-7-10-21(28)11-8-19)22-15-20(9-12-25(22)30)26(31)29-27(2)13-14-34(32,33)17-27/h3-12,15-16H,13-14,17H2,1-2H3,(H,29,31)/t27-/m0/s1. The number of hydrogen-bond acceptors (Lipinski definition) is 3. The summed E-state index contributed by atoms with van der Waals surface area (Å²) in [5.74, 6) is -0.601. The maximum Gasteiger partial charge on any atom is 0.251 e. The lowest BCUT2D eigenvalue weighted by atomic mass is 10.00. The van der Waals surface area contributed by atoms with Gasteiger partial charge in [-0.2, -0.15) is 0 Å². The largest absolute Gasteiger partial charge is 0.346 e. The second kappa shape index (κ2) is 8.09. The summed E-state index contributed by atoms with van der Waals surface area (Å²) in [6.45, 7) is 3.81. The van der Waals surface area contributed by atoms with Gasteiger partial charge in [0.2, 0.25) is 0 Å². The molecule has 5 rings (SSSR count). The zero-order chi connectivity index (χ0) is 24.1. The van der Waals surface area contributed by atoms with E-state index in [1.165, 1.54) is 12.1 Å². The SMILES string of the molecule is Cc1ccccc1-n1cc(-c2ccc(F)cc2)c2cc(C(=O)N[C@@]3(C)CCS(=O)(=O)C3)ccc21. The van der Waals surface area contributed by atoms with Gasteiger partial charge in [-0.25, -0.2) is 12.8 Å². The van der Waals surface area contributed by atoms with Crippen molar-refractivity contribution in [3.8, 4) is 16.8 Å². The third kappa shape index (κ3) is 4.12. The minimum absolute atomic E-state index is 0.0571. The number of nitrogens with one attached hydrogen (secondary N) is 1. The van der Waals surface area contributed by atoms with Gasteiger partial charge in [0, 0.05) is 28.4 Å². The zero-order valence-electron chi connectivity index (χ0n) is 19.0. The van der Waals surface area contributed by atoms with Crippen LogP contribution in [0.1, 0.15) is 29.3 Å². The summed E-state index contributed by atoms with van der Waals surface area (Å²) in [5, 5.41) is 3.79. The van der Waals surface area contributed by atoms with Gasteiger partial charge in [0.1, 0.15) is 5.82 Å². The van der Waals surface area contributed by atoms with Gasteiger partial charge in [-0.15, -0.1) is 0 Å². The number of nitrogens with zero attached hydrogens (tertiary/aromatic N) is 1. The van der Waals surface area contributed by atoms with E-state index in [1.54, 1.807) is 25.1 Å². The van der Waals surface area contributed by atoms with E-state index in [-0.39, 0.29) is 23.2 Å². The van der Waals surface area contributed by atoms with Gasteiger partial charge >= 0.3 is 0 Å². The fourth-order valence-corrected chi connectivity index (χ4v) is 6.81. The molecule has 2 heterocycles. The molecule has 0 radical (unpaired) electrons. The highest BCUT2D eigenvalue weighted by Gasteiger charge is 2.39. The van der Waals surface area contributed by atoms with Gasteiger partial charge in [-0.05, 0) is 67.8 Å². The molecule has 5 nitrogen and oxygen atoms in total. The Labute approximate surface area is 198 Å². The number of rotatable bonds is 4. The molecule has 1 saturated heterocycles. The van der Waals surface area contributed by atoms with Crippen LogP contribution in [0.15, 0.2) is 72.9 Å². The maximum absolute atomic E-state index is 13.6. The summed E-state index contributed by atoms with van der Waals surface area (Å²) in [4.78, 5) is 13.1. The summed E-state index contributed by atoms with van der Waals surface area (Å²) in [7, 11) is -3.14. The Kier molecular flexibility index (Phi) is 5.32. The lowest BCUT2D eigenvalue weighted by Crippen LogP contribution is -2.46. The Bertz CT molecular complexity index is 1520. The number of carbonyl (C=O) groups excluding carboxylic acids is 1. The van der Waals surface area contributed by atoms with E-state index in [4.69, 9.17) is 0 Å². The number of fused-ring (bicyclic) bond motifs is 1. The molecule has 1 N–H and O–H groups in total. The van der Waals surface area contributed by atoms with Crippen LogP contribution in [0.4, 0.5) is 4.39 Å². The Morgan fingerprint density at radius 1 is 1.06 bits per heavy atom. The molecule has 0 aliphatic carbocycles. The van der Waals surface area contributed by atoms with Gasteiger partial charge in [0.25, 0.3) is 5.91 Å². The molecule has 34 heavy (non-hydrogen) atoms. The van der Waals surface area contributed by atoms with Crippen molar-refractivity contribution < 1.29 is 17.6 Å². The van der Waals surface area contributed by atoms with E-state index in [0.717, 1.165) is 33.3 Å². The monoisotopic (exact) mass is 476 g/mol. The number of para-hydroxylation sites is 1. The average Bonchev–Trinajstić information content (AvgIpc) is 3.30. The Hall–Kier alpha value is -3.45. The van der Waals surface area contributed by atoms with Crippen molar-refractivity contribution in [3.63, 3.8) is 0 Å². The number of halogens is 1. The van der Waals surface area contributed by atoms with Crippen molar-refractivity contribution in [1.82, 2.24) is 9.88 Å². The van der Waals surface area contributed by atoms with Crippen LogP contribution in [-0.2, 0) is 9.84 Å². The van der Waals surface area contributed by atoms with E-state index in [0.29, 0.717) is 12.0 Å². The second-order valence-corrected chi connectivity index (χ2v) is 11.5. The molecule has 0 unspecified atom stereocenters. The van der Waals surface area contributed by atoms with Crippen LogP contribution in [-0.4, -0.2) is 35.9 Å². The highest BCUT2D eigenvalue weighted by Crippen LogP contribution is 2.34. The highest BCUT2D eigenvalue weighted by atomic mass is 32.2. The summed E-state index contributed by atoms with van der Waals surface area (Å²) in [6, 6.07) is 19.8. The third-order valence-electron chi connectivity index (χ3n) is 6.52. The van der Waals surface area contributed by atoms with Crippen molar-refractivity contribution in [2.45, 2.75) is 25.8 Å². The average molecular weight is 477 g/mol. The molecular weight excluding hydrogens is 451 g/mol. The summed E-state index contributed by atoms with van der Waals surface area (Å²) >= 11 is 0. The number of hydrogen-bond donors (Lipinski definition) is 1. The van der Waals surface area contributed by atoms with Crippen LogP contribution in [0, 0.1) is 12.7 Å². The molecule has 1 atom stereocenters. The van der Waals surface area contributed by atoms with E-state index >= 15 is 0 Å². The van der Waals surface area contributed by atoms with Crippen LogP contribution >= 0.6 is 0 Å². The molecule has 0 spiro atoms. The van der Waals surface area contributed by atoms with E-state index in [1.807, 2.05) is 49.5 Å². The first kappa shape index (κ1) is 22.3. The molecular formula is C27H25FN2O3S. The minimum atomic E-state index is -3.14. The number of aromatic nitrogens is 1. The summed E-state index contributed by atoms with van der Waals surface area (Å²) < 4.78 is 39.6. The van der Waals surface area contributed by atoms with Crippen LogP contribution in [0.3, 0.4) is 0 Å². The van der Waals surface area contributed by atoms with Gasteiger partial charge in [-0.1, -0.05) is 30.3 Å². The Balaban J connectivity index is 1.62. The Morgan fingerprint density at radius 3 is 2.47 bits per heavy atom. The number of amides is 1. The van der Waals surface area contributed by atoms with Crippen molar-refractivity contribution in [2.24, 2.45) is 0 Å². The smallest absolute Gasteiger partial charge is 0.251 e. The van der Waals surface area contributed by atoms with Crippen molar-refractivity contribution in [2.75, 3.05) is 11.5 Å². The highest BCUT2D eigenvalue weighted by molar-refractivity contribution is 7.91. The molecule has 7 heteroatoms. The van der Waals surface area contributed by atoms with E-state index < -0.39 is 15.4 Å². The first-order valence-electron chi connectivity index (χ1n) is 11.1. The van der Waals surface area contributed by atoms with Gasteiger partial charge in [-0.3, -0.25) is 4.79 Å². The van der Waals surface area contributed by atoms with Crippen LogP contribution < -0.4 is 5.32 Å². The van der Waals surface area contributed by atoms with E-state index in [2.05, 4.69) is 9.88 Å². The normalized spacial score (nSPS) is 19.4. The lowest BCUT2D eigenvalue weighted by Gasteiger charge is -2.24. The van der Waals surface area contributed by atoms with Crippen LogP contribution in [0.5, 0.6) is 0 Å². The number of aryl methyl sites for hydroxylation is 1. The summed E-state index contributed by atoms with van der Waals surface area (Å²) in [5.41, 5.74) is 4.41. The molecule has 1 aliphatic rings. The van der Waals surface area contributed by atoms with Crippen molar-refractivity contribution in [1.29, 1.82) is 0 Å². The predicted molar refractivity (Wildman–Crippen MR) is 133 cm³/mol. The Morgan fingerprint density at radius 2 is 1.79 bits per heavy atom. The predicted octanol–water partition coefficient (Wildman–Crippen LogP) is 5.05. The molecule has 1 aliphatic heterocycles. The zero-order valence-corrected chi connectivity index (χ0v) is 19.8. The minimum Gasteiger partial charge on any atom is -0.346 e. The molecule has 4 aromatic rings. The number of sulfone groups is 1. The molecule has 3 aromatic carbocycles. The van der Waals surface area contributed by atoms with Gasteiger partial charge < -0.3 is 9.88 Å². The maximum atomic E-state index is 13.6. The lowest BCUT2D eigenvalue weighted by molar-refractivity contribution is 0.0915. The van der Waals surface area contributed by atoms with E-state index in [9.17, 15) is 17.6 Å². The first-order chi connectivity index (χ1) is 16.1. The quantitative estimate of drug-likeness (QED) is 0.448. The molecule has 1 fully saturated rings. The molecule has 0 bridgehead atoms. The fraction of sp³-hybridized carbons (Fsp3) is 0.222. The third-order valence-corrected chi connectivity index (χ3v) is 8.42. The molecule has 0 saturated carbocycles. The summed E-state index contributed by atoms with van der Waals surface area (Å²) in [6.07, 6.45) is 2.40. The molecule has 1 amide bonds. The number of benzene rings is 3. The van der Waals surface area contributed by atoms with Crippen molar-refractivity contribution in [3.05, 3.63) is 89.9 Å².